The molecule has 0 fully saturated rings. The van der Waals surface area contributed by atoms with Crippen LogP contribution in [0.15, 0.2) is 39.5 Å². The van der Waals surface area contributed by atoms with Gasteiger partial charge in [-0.3, -0.25) is 4.79 Å². The first kappa shape index (κ1) is 21.5. The van der Waals surface area contributed by atoms with Crippen molar-refractivity contribution in [3.63, 3.8) is 0 Å². The molecule has 3 aromatic rings. The molecule has 1 aromatic carbocycles. The van der Waals surface area contributed by atoms with Gasteiger partial charge in [-0.15, -0.1) is 0 Å². The van der Waals surface area contributed by atoms with Gasteiger partial charge in [0, 0.05) is 28.7 Å². The minimum absolute atomic E-state index is 0.0259. The maximum absolute atomic E-state index is 13.5. The van der Waals surface area contributed by atoms with Crippen LogP contribution in [0.1, 0.15) is 43.4 Å². The number of hydrogen-bond acceptors (Lipinski definition) is 5. The molecule has 0 aliphatic carbocycles. The minimum atomic E-state index is -0.749. The predicted molar refractivity (Wildman–Crippen MR) is 109 cm³/mol. The van der Waals surface area contributed by atoms with Crippen molar-refractivity contribution in [3.8, 4) is 5.69 Å². The fourth-order valence-electron chi connectivity index (χ4n) is 3.41. The van der Waals surface area contributed by atoms with Crippen LogP contribution in [0.5, 0.6) is 0 Å². The number of ether oxygens (including phenoxy) is 1. The van der Waals surface area contributed by atoms with E-state index in [1.54, 1.807) is 37.5 Å². The molecule has 0 saturated heterocycles. The Labute approximate surface area is 176 Å². The summed E-state index contributed by atoms with van der Waals surface area (Å²) in [4.78, 5) is 36.4. The van der Waals surface area contributed by atoms with E-state index in [0.29, 0.717) is 22.5 Å². The van der Waals surface area contributed by atoms with Crippen molar-refractivity contribution in [2.75, 3.05) is 6.61 Å². The maximum atomic E-state index is 13.5. The van der Waals surface area contributed by atoms with Gasteiger partial charge in [0.25, 0.3) is 0 Å². The van der Waals surface area contributed by atoms with E-state index in [4.69, 9.17) is 20.8 Å². The van der Waals surface area contributed by atoms with Gasteiger partial charge in [0.05, 0.1) is 5.02 Å². The van der Waals surface area contributed by atoms with Crippen molar-refractivity contribution in [2.45, 2.75) is 27.7 Å². The summed E-state index contributed by atoms with van der Waals surface area (Å²) >= 11 is 5.88. The molecular weight excluding hydrogens is 413 g/mol. The van der Waals surface area contributed by atoms with E-state index in [2.05, 4.69) is 0 Å². The van der Waals surface area contributed by atoms with Crippen LogP contribution in [-0.4, -0.2) is 22.9 Å². The molecule has 6 nitrogen and oxygen atoms in total. The van der Waals surface area contributed by atoms with Crippen molar-refractivity contribution in [3.05, 3.63) is 85.4 Å². The van der Waals surface area contributed by atoms with Crippen LogP contribution in [0.2, 0.25) is 5.02 Å². The molecule has 3 rings (SSSR count). The van der Waals surface area contributed by atoms with Gasteiger partial charge in [0.1, 0.15) is 17.1 Å². The zero-order chi connectivity index (χ0) is 22.2. The Morgan fingerprint density at radius 3 is 2.47 bits per heavy atom. The largest absolute Gasteiger partial charge is 0.454 e. The molecule has 8 heteroatoms. The number of rotatable bonds is 5. The molecule has 2 heterocycles. The smallest absolute Gasteiger partial charge is 0.342 e. The Kier molecular flexibility index (Phi) is 5.94. The van der Waals surface area contributed by atoms with Crippen LogP contribution < -0.4 is 5.63 Å². The summed E-state index contributed by atoms with van der Waals surface area (Å²) in [6, 6.07) is 7.14. The summed E-state index contributed by atoms with van der Waals surface area (Å²) in [5.74, 6) is -1.55. The molecule has 156 valence electrons. The number of esters is 1. The van der Waals surface area contributed by atoms with Gasteiger partial charge in [-0.25, -0.2) is 14.0 Å². The lowest BCUT2D eigenvalue weighted by Crippen LogP contribution is -2.18. The lowest BCUT2D eigenvalue weighted by atomic mass is 10.1. The zero-order valence-electron chi connectivity index (χ0n) is 16.8. The number of carbonyl (C=O) groups excluding carboxylic acids is 2. The molecule has 0 unspecified atom stereocenters. The molecule has 0 atom stereocenters. The van der Waals surface area contributed by atoms with Gasteiger partial charge >= 0.3 is 11.6 Å². The Morgan fingerprint density at radius 1 is 1.13 bits per heavy atom. The summed E-state index contributed by atoms with van der Waals surface area (Å²) in [6.45, 7) is 6.12. The van der Waals surface area contributed by atoms with Gasteiger partial charge in [-0.1, -0.05) is 11.6 Å². The molecule has 0 N–H and O–H groups in total. The second-order valence-electron chi connectivity index (χ2n) is 6.90. The highest BCUT2D eigenvalue weighted by Gasteiger charge is 2.21. The van der Waals surface area contributed by atoms with Gasteiger partial charge in [0.15, 0.2) is 6.61 Å². The molecule has 0 aliphatic heterocycles. The van der Waals surface area contributed by atoms with E-state index in [-0.39, 0.29) is 16.3 Å². The number of halogens is 2. The monoisotopic (exact) mass is 431 g/mol. The van der Waals surface area contributed by atoms with Crippen molar-refractivity contribution in [1.82, 2.24) is 4.57 Å². The third kappa shape index (κ3) is 4.07. The van der Waals surface area contributed by atoms with Crippen LogP contribution in [-0.2, 0) is 4.74 Å². The summed E-state index contributed by atoms with van der Waals surface area (Å²) in [7, 11) is 0. The SMILES string of the molecule is Cc1cc(=O)oc(C)c1C(=O)OCC(=O)c1cc(C)n(-c2ccc(F)c(Cl)c2)c1C. The quantitative estimate of drug-likeness (QED) is 0.439. The minimum Gasteiger partial charge on any atom is -0.454 e. The van der Waals surface area contributed by atoms with Crippen LogP contribution in [0.3, 0.4) is 0 Å². The lowest BCUT2D eigenvalue weighted by molar-refractivity contribution is 0.0469. The molecule has 30 heavy (non-hydrogen) atoms. The van der Waals surface area contributed by atoms with Crippen LogP contribution in [0.4, 0.5) is 4.39 Å². The standard InChI is InChI=1S/C22H19ClFNO5/c1-11-7-20(27)30-14(4)21(11)22(28)29-10-19(26)16-8-12(2)25(13(16)3)15-5-6-18(24)17(23)9-15/h5-9H,10H2,1-4H3. The highest BCUT2D eigenvalue weighted by Crippen LogP contribution is 2.25. The second kappa shape index (κ2) is 8.28. The molecular formula is C22H19ClFNO5. The third-order valence-electron chi connectivity index (χ3n) is 4.77. The van der Waals surface area contributed by atoms with E-state index >= 15 is 0 Å². The molecule has 0 bridgehead atoms. The Morgan fingerprint density at radius 2 is 1.83 bits per heavy atom. The van der Waals surface area contributed by atoms with Crippen LogP contribution in [0.25, 0.3) is 5.69 Å². The predicted octanol–water partition coefficient (Wildman–Crippen LogP) is 4.50. The highest BCUT2D eigenvalue weighted by molar-refractivity contribution is 6.30. The Balaban J connectivity index is 1.82. The van der Waals surface area contributed by atoms with E-state index in [1.807, 2.05) is 0 Å². The Hall–Kier alpha value is -3.19. The van der Waals surface area contributed by atoms with Crippen molar-refractivity contribution in [2.24, 2.45) is 0 Å². The van der Waals surface area contributed by atoms with E-state index < -0.39 is 29.8 Å². The summed E-state index contributed by atoms with van der Waals surface area (Å²) in [5.41, 5.74) is 2.29. The average molecular weight is 432 g/mol. The van der Waals surface area contributed by atoms with Crippen molar-refractivity contribution in [1.29, 1.82) is 0 Å². The molecule has 2 aromatic heterocycles. The van der Waals surface area contributed by atoms with Gasteiger partial charge in [0.2, 0.25) is 5.78 Å². The first-order valence-corrected chi connectivity index (χ1v) is 9.44. The first-order chi connectivity index (χ1) is 14.1. The van der Waals surface area contributed by atoms with Crippen LogP contribution >= 0.6 is 11.6 Å². The number of aromatic nitrogens is 1. The fourth-order valence-corrected chi connectivity index (χ4v) is 3.59. The second-order valence-corrected chi connectivity index (χ2v) is 7.30. The topological polar surface area (TPSA) is 78.5 Å². The number of hydrogen-bond donors (Lipinski definition) is 0. The summed E-state index contributed by atoms with van der Waals surface area (Å²) < 4.78 is 25.3. The summed E-state index contributed by atoms with van der Waals surface area (Å²) in [6.07, 6.45) is 0. The van der Waals surface area contributed by atoms with Gasteiger partial charge in [-0.05, 0) is 57.5 Å². The summed E-state index contributed by atoms with van der Waals surface area (Å²) in [5, 5.41) is -0.0259. The number of ketones is 1. The molecule has 0 spiro atoms. The normalized spacial score (nSPS) is 10.9. The number of nitrogens with zero attached hydrogens (tertiary/aromatic N) is 1. The molecule has 0 saturated carbocycles. The molecule has 0 amide bonds. The van der Waals surface area contributed by atoms with Crippen LogP contribution in [0, 0.1) is 33.5 Å². The zero-order valence-corrected chi connectivity index (χ0v) is 17.6. The van der Waals surface area contributed by atoms with Gasteiger partial charge in [-0.2, -0.15) is 0 Å². The number of aryl methyl sites for hydroxylation is 3. The highest BCUT2D eigenvalue weighted by atomic mass is 35.5. The Bertz CT molecular complexity index is 1200. The first-order valence-electron chi connectivity index (χ1n) is 9.06. The molecule has 0 radical (unpaired) electrons. The number of carbonyl (C=O) groups is 2. The van der Waals surface area contributed by atoms with E-state index in [9.17, 15) is 18.8 Å². The van der Waals surface area contributed by atoms with E-state index in [1.165, 1.54) is 25.1 Å². The average Bonchev–Trinajstić information content (AvgIpc) is 2.95. The molecule has 0 aliphatic rings. The fraction of sp³-hybridized carbons (Fsp3) is 0.227. The lowest BCUT2D eigenvalue weighted by Gasteiger charge is -2.11. The van der Waals surface area contributed by atoms with E-state index in [0.717, 1.165) is 5.69 Å². The number of benzene rings is 1. The third-order valence-corrected chi connectivity index (χ3v) is 5.06. The number of Topliss-reactive ketones (excluding diaryl/α,β-unsaturated/α-hetero) is 1. The van der Waals surface area contributed by atoms with Gasteiger partial charge < -0.3 is 13.7 Å². The maximum Gasteiger partial charge on any atom is 0.342 e. The van der Waals surface area contributed by atoms with Crippen molar-refractivity contribution < 1.29 is 23.1 Å². The van der Waals surface area contributed by atoms with Crippen molar-refractivity contribution >= 4 is 23.4 Å².